The molecule has 0 amide bonds. The lowest BCUT2D eigenvalue weighted by Crippen LogP contribution is -2.24. The molecular formula is C12H12F3NO2S. The standard InChI is InChI=1S/C12H12F3NO2S/c1-11(16-19,7-10(17)18-2)8-4-3-5-9(6-8)12(13,14)15/h3-6H,7H2,1-2H3. The van der Waals surface area contributed by atoms with E-state index in [9.17, 15) is 18.0 Å². The van der Waals surface area contributed by atoms with E-state index in [2.05, 4.69) is 21.5 Å². The Morgan fingerprint density at radius 3 is 2.42 bits per heavy atom. The van der Waals surface area contributed by atoms with Gasteiger partial charge in [0.2, 0.25) is 0 Å². The molecule has 7 heteroatoms. The molecule has 1 atom stereocenters. The highest BCUT2D eigenvalue weighted by Gasteiger charge is 2.34. The van der Waals surface area contributed by atoms with Crippen molar-refractivity contribution < 1.29 is 22.7 Å². The Morgan fingerprint density at radius 1 is 1.37 bits per heavy atom. The van der Waals surface area contributed by atoms with Crippen LogP contribution in [0.25, 0.3) is 0 Å². The minimum absolute atomic E-state index is 0.214. The normalized spacial score (nSPS) is 14.6. The topological polar surface area (TPSA) is 38.7 Å². The summed E-state index contributed by atoms with van der Waals surface area (Å²) in [5, 5.41) is 0. The first kappa shape index (κ1) is 15.6. The second-order valence-electron chi connectivity index (χ2n) is 4.20. The van der Waals surface area contributed by atoms with Gasteiger partial charge in [0, 0.05) is 12.4 Å². The molecule has 0 fully saturated rings. The van der Waals surface area contributed by atoms with Gasteiger partial charge in [-0.15, -0.1) is 0 Å². The summed E-state index contributed by atoms with van der Waals surface area (Å²) in [7, 11) is 1.19. The molecule has 0 N–H and O–H groups in total. The lowest BCUT2D eigenvalue weighted by Gasteiger charge is -2.23. The molecule has 0 saturated carbocycles. The summed E-state index contributed by atoms with van der Waals surface area (Å²) in [4.78, 5) is 11.3. The number of rotatable bonds is 4. The first-order valence-electron chi connectivity index (χ1n) is 5.32. The van der Waals surface area contributed by atoms with Crippen molar-refractivity contribution in [1.29, 1.82) is 0 Å². The van der Waals surface area contributed by atoms with Crippen LogP contribution in [0.5, 0.6) is 0 Å². The molecule has 0 aliphatic rings. The molecule has 0 heterocycles. The van der Waals surface area contributed by atoms with Gasteiger partial charge in [-0.05, 0) is 24.6 Å². The number of esters is 1. The molecule has 3 nitrogen and oxygen atoms in total. The highest BCUT2D eigenvalue weighted by molar-refractivity contribution is 7.47. The van der Waals surface area contributed by atoms with Gasteiger partial charge in [0.05, 0.1) is 19.1 Å². The molecular weight excluding hydrogens is 279 g/mol. The molecule has 0 spiro atoms. The van der Waals surface area contributed by atoms with Gasteiger partial charge in [-0.3, -0.25) is 4.79 Å². The molecule has 1 aromatic carbocycles. The van der Waals surface area contributed by atoms with Gasteiger partial charge >= 0.3 is 12.1 Å². The Kier molecular flexibility index (Phi) is 4.62. The van der Waals surface area contributed by atoms with Gasteiger partial charge in [0.15, 0.2) is 0 Å². The molecule has 1 aromatic rings. The molecule has 0 aliphatic heterocycles. The van der Waals surface area contributed by atoms with Gasteiger partial charge in [0.1, 0.15) is 5.54 Å². The summed E-state index contributed by atoms with van der Waals surface area (Å²) in [6.07, 6.45) is -4.67. The highest BCUT2D eigenvalue weighted by atomic mass is 32.1. The Labute approximate surface area is 113 Å². The van der Waals surface area contributed by atoms with Crippen molar-refractivity contribution in [3.63, 3.8) is 0 Å². The van der Waals surface area contributed by atoms with Crippen LogP contribution in [-0.4, -0.2) is 13.1 Å². The fourth-order valence-corrected chi connectivity index (χ4v) is 1.74. The smallest absolute Gasteiger partial charge is 0.416 e. The number of carbonyl (C=O) groups is 1. The van der Waals surface area contributed by atoms with Crippen LogP contribution < -0.4 is 0 Å². The minimum Gasteiger partial charge on any atom is -0.469 e. The quantitative estimate of drug-likeness (QED) is 0.800. The summed E-state index contributed by atoms with van der Waals surface area (Å²) < 4.78 is 46.0. The molecule has 0 radical (unpaired) electrons. The predicted molar refractivity (Wildman–Crippen MR) is 65.2 cm³/mol. The van der Waals surface area contributed by atoms with Gasteiger partial charge in [0.25, 0.3) is 0 Å². The molecule has 0 bridgehead atoms. The summed E-state index contributed by atoms with van der Waals surface area (Å²) in [5.41, 5.74) is -1.80. The summed E-state index contributed by atoms with van der Waals surface area (Å²) in [6, 6.07) is 4.60. The van der Waals surface area contributed by atoms with Crippen LogP contribution >= 0.6 is 0 Å². The number of hydrogen-bond donors (Lipinski definition) is 0. The molecule has 104 valence electrons. The van der Waals surface area contributed by atoms with E-state index in [-0.39, 0.29) is 12.0 Å². The minimum atomic E-state index is -4.45. The number of halogens is 3. The number of nitrogens with zero attached hydrogens (tertiary/aromatic N) is 1. The molecule has 1 rings (SSSR count). The van der Waals surface area contributed by atoms with Crippen molar-refractivity contribution in [3.05, 3.63) is 35.4 Å². The second kappa shape index (κ2) is 5.64. The number of benzene rings is 1. The van der Waals surface area contributed by atoms with Crippen LogP contribution in [-0.2, 0) is 33.7 Å². The SMILES string of the molecule is COC(=O)CC(C)(N=S)c1cccc(C(F)(F)F)c1. The maximum absolute atomic E-state index is 12.6. The van der Waals surface area contributed by atoms with E-state index < -0.39 is 23.2 Å². The van der Waals surface area contributed by atoms with Crippen LogP contribution in [0.3, 0.4) is 0 Å². The summed E-state index contributed by atoms with van der Waals surface area (Å²) in [5.74, 6) is -0.589. The summed E-state index contributed by atoms with van der Waals surface area (Å²) >= 11 is 4.61. The number of methoxy groups -OCH3 is 1. The Balaban J connectivity index is 3.18. The highest BCUT2D eigenvalue weighted by Crippen LogP contribution is 2.35. The van der Waals surface area contributed by atoms with Crippen LogP contribution in [0.2, 0.25) is 0 Å². The first-order valence-corrected chi connectivity index (χ1v) is 5.68. The molecule has 19 heavy (non-hydrogen) atoms. The maximum Gasteiger partial charge on any atom is 0.416 e. The zero-order valence-corrected chi connectivity index (χ0v) is 11.1. The van der Waals surface area contributed by atoms with E-state index in [1.165, 1.54) is 26.2 Å². The average Bonchev–Trinajstić information content (AvgIpc) is 2.37. The molecule has 0 aliphatic carbocycles. The van der Waals surface area contributed by atoms with Crippen molar-refractivity contribution in [3.8, 4) is 0 Å². The van der Waals surface area contributed by atoms with Crippen molar-refractivity contribution in [1.82, 2.24) is 0 Å². The van der Waals surface area contributed by atoms with E-state index in [0.29, 0.717) is 0 Å². The maximum atomic E-state index is 12.6. The van der Waals surface area contributed by atoms with Crippen LogP contribution in [0.15, 0.2) is 28.6 Å². The van der Waals surface area contributed by atoms with Crippen molar-refractivity contribution >= 4 is 18.4 Å². The van der Waals surface area contributed by atoms with Gasteiger partial charge < -0.3 is 4.74 Å². The fourth-order valence-electron chi connectivity index (χ4n) is 1.57. The van der Waals surface area contributed by atoms with Crippen LogP contribution in [0.1, 0.15) is 24.5 Å². The molecule has 0 aromatic heterocycles. The van der Waals surface area contributed by atoms with Gasteiger partial charge in [-0.25, -0.2) is 4.36 Å². The summed E-state index contributed by atoms with van der Waals surface area (Å²) in [6.45, 7) is 1.49. The molecule has 1 unspecified atom stereocenters. The van der Waals surface area contributed by atoms with Gasteiger partial charge in [-0.2, -0.15) is 13.2 Å². The van der Waals surface area contributed by atoms with Crippen molar-refractivity contribution in [2.24, 2.45) is 4.36 Å². The van der Waals surface area contributed by atoms with E-state index in [0.717, 1.165) is 12.1 Å². The second-order valence-corrected chi connectivity index (χ2v) is 4.38. The monoisotopic (exact) mass is 291 g/mol. The Bertz CT molecular complexity index is 490. The molecule has 0 saturated heterocycles. The average molecular weight is 291 g/mol. The number of ether oxygens (including phenoxy) is 1. The lowest BCUT2D eigenvalue weighted by molar-refractivity contribution is -0.141. The largest absolute Gasteiger partial charge is 0.469 e. The van der Waals surface area contributed by atoms with Gasteiger partial charge in [-0.1, -0.05) is 12.1 Å². The van der Waals surface area contributed by atoms with Crippen molar-refractivity contribution in [2.75, 3.05) is 7.11 Å². The third-order valence-corrected chi connectivity index (χ3v) is 3.13. The lowest BCUT2D eigenvalue weighted by atomic mass is 9.88. The third kappa shape index (κ3) is 3.73. The Morgan fingerprint density at radius 2 is 1.95 bits per heavy atom. The first-order chi connectivity index (χ1) is 8.73. The fraction of sp³-hybridized carbons (Fsp3) is 0.417. The number of alkyl halides is 3. The van der Waals surface area contributed by atoms with Crippen LogP contribution in [0, 0.1) is 0 Å². The number of hydrogen-bond acceptors (Lipinski definition) is 4. The van der Waals surface area contributed by atoms with E-state index in [1.54, 1.807) is 0 Å². The predicted octanol–water partition coefficient (Wildman–Crippen LogP) is 3.21. The van der Waals surface area contributed by atoms with Crippen molar-refractivity contribution in [2.45, 2.75) is 25.1 Å². The number of carbonyl (C=O) groups excluding carboxylic acids is 1. The van der Waals surface area contributed by atoms with E-state index in [4.69, 9.17) is 0 Å². The van der Waals surface area contributed by atoms with Crippen LogP contribution in [0.4, 0.5) is 13.2 Å². The zero-order chi connectivity index (χ0) is 14.7. The van der Waals surface area contributed by atoms with E-state index in [1.807, 2.05) is 0 Å². The van der Waals surface area contributed by atoms with E-state index >= 15 is 0 Å². The Hall–Kier alpha value is -1.50. The zero-order valence-electron chi connectivity index (χ0n) is 10.3. The third-order valence-electron chi connectivity index (χ3n) is 2.73.